The summed E-state index contributed by atoms with van der Waals surface area (Å²) in [6.45, 7) is 3.68. The molecule has 1 saturated heterocycles. The summed E-state index contributed by atoms with van der Waals surface area (Å²) in [4.78, 5) is 30.1. The van der Waals surface area contributed by atoms with Crippen LogP contribution in [0.2, 0.25) is 0 Å². The Kier molecular flexibility index (Phi) is 6.70. The maximum Gasteiger partial charge on any atom is 0.338 e. The summed E-state index contributed by atoms with van der Waals surface area (Å²) in [5.41, 5.74) is 2.24. The number of hydrogen-bond donors (Lipinski definition) is 1. The fourth-order valence-electron chi connectivity index (χ4n) is 4.62. The van der Waals surface area contributed by atoms with E-state index in [1.54, 1.807) is 61.0 Å². The van der Waals surface area contributed by atoms with Crippen molar-refractivity contribution in [2.24, 2.45) is 0 Å². The third-order valence-corrected chi connectivity index (χ3v) is 8.19. The van der Waals surface area contributed by atoms with Crippen molar-refractivity contribution in [1.82, 2.24) is 14.8 Å². The molecule has 1 atom stereocenters. The normalized spacial score (nSPS) is 16.4. The number of halogens is 1. The number of esters is 1. The Bertz CT molecular complexity index is 1670. The number of hydrogen-bond acceptors (Lipinski definition) is 7. The van der Waals surface area contributed by atoms with Gasteiger partial charge >= 0.3 is 5.97 Å². The minimum atomic E-state index is -3.21. The molecule has 0 saturated carbocycles. The van der Waals surface area contributed by atoms with E-state index in [1.165, 1.54) is 12.1 Å². The Labute approximate surface area is 218 Å². The molecule has 2 aromatic carbocycles. The van der Waals surface area contributed by atoms with Crippen LogP contribution in [0.15, 0.2) is 54.6 Å². The number of carbonyl (C=O) groups excluding carboxylic acids is 2. The fourth-order valence-corrected chi connectivity index (χ4v) is 6.32. The van der Waals surface area contributed by atoms with Crippen molar-refractivity contribution < 1.29 is 27.1 Å². The molecule has 1 unspecified atom stereocenters. The molecule has 5 rings (SSSR count). The molecular weight excluding hydrogens is 511 g/mol. The molecule has 1 aliphatic rings. The van der Waals surface area contributed by atoms with Gasteiger partial charge in [-0.2, -0.15) is 5.10 Å². The van der Waals surface area contributed by atoms with Crippen LogP contribution in [-0.4, -0.2) is 53.2 Å². The van der Waals surface area contributed by atoms with Gasteiger partial charge in [0.2, 0.25) is 0 Å². The van der Waals surface area contributed by atoms with Crippen LogP contribution in [0.25, 0.3) is 22.3 Å². The minimum absolute atomic E-state index is 0.0419. The zero-order valence-corrected chi connectivity index (χ0v) is 21.6. The number of nitrogens with one attached hydrogen (secondary N) is 1. The van der Waals surface area contributed by atoms with Crippen molar-refractivity contribution in [2.45, 2.75) is 26.3 Å². The maximum atomic E-state index is 14.7. The highest BCUT2D eigenvalue weighted by atomic mass is 32.2. The van der Waals surface area contributed by atoms with Gasteiger partial charge in [-0.25, -0.2) is 27.3 Å². The molecule has 0 radical (unpaired) electrons. The topological polar surface area (TPSA) is 120 Å². The molecule has 1 fully saturated rings. The Hall–Kier alpha value is -4.12. The number of pyridine rings is 1. The predicted octanol–water partition coefficient (Wildman–Crippen LogP) is 4.33. The lowest BCUT2D eigenvalue weighted by Crippen LogP contribution is -2.15. The van der Waals surface area contributed by atoms with Crippen LogP contribution in [0.4, 0.5) is 10.1 Å². The molecular formula is C27H25FN4O5S. The zero-order chi connectivity index (χ0) is 27.0. The lowest BCUT2D eigenvalue weighted by Gasteiger charge is -2.13. The molecule has 1 N–H and O–H groups in total. The SMILES string of the molecule is CCOC(=O)c1ccc(NC(=O)c2cc(-c3ccccc3F)nc3c2c(C)nn3C2CCS(=O)(=O)C2)cc1. The predicted molar refractivity (Wildman–Crippen MR) is 140 cm³/mol. The molecule has 196 valence electrons. The average molecular weight is 537 g/mol. The molecule has 0 bridgehead atoms. The number of aryl methyl sites for hydroxylation is 1. The van der Waals surface area contributed by atoms with Gasteiger partial charge in [0, 0.05) is 11.3 Å². The first kappa shape index (κ1) is 25.5. The Morgan fingerprint density at radius 2 is 1.89 bits per heavy atom. The van der Waals surface area contributed by atoms with Gasteiger partial charge in [-0.15, -0.1) is 0 Å². The Morgan fingerprint density at radius 1 is 1.16 bits per heavy atom. The number of nitrogens with zero attached hydrogens (tertiary/aromatic N) is 3. The number of sulfone groups is 1. The number of rotatable bonds is 6. The van der Waals surface area contributed by atoms with Crippen LogP contribution in [0, 0.1) is 12.7 Å². The van der Waals surface area contributed by atoms with Crippen molar-refractivity contribution in [3.05, 3.63) is 77.2 Å². The molecule has 2 aromatic heterocycles. The van der Waals surface area contributed by atoms with Crippen LogP contribution >= 0.6 is 0 Å². The number of ether oxygens (including phenoxy) is 1. The first-order valence-electron chi connectivity index (χ1n) is 12.1. The van der Waals surface area contributed by atoms with Gasteiger partial charge < -0.3 is 10.1 Å². The van der Waals surface area contributed by atoms with Crippen molar-refractivity contribution >= 4 is 38.4 Å². The second-order valence-corrected chi connectivity index (χ2v) is 11.3. The minimum Gasteiger partial charge on any atom is -0.462 e. The lowest BCUT2D eigenvalue weighted by atomic mass is 10.0. The molecule has 1 amide bonds. The molecule has 1 aliphatic heterocycles. The van der Waals surface area contributed by atoms with Crippen molar-refractivity contribution in [1.29, 1.82) is 0 Å². The average Bonchev–Trinajstić information content (AvgIpc) is 3.42. The monoisotopic (exact) mass is 536 g/mol. The van der Waals surface area contributed by atoms with Gasteiger partial charge in [0.15, 0.2) is 15.5 Å². The van der Waals surface area contributed by atoms with E-state index in [9.17, 15) is 22.4 Å². The Balaban J connectivity index is 1.59. The number of aromatic nitrogens is 3. The second-order valence-electron chi connectivity index (χ2n) is 9.07. The van der Waals surface area contributed by atoms with E-state index in [0.717, 1.165) is 0 Å². The third kappa shape index (κ3) is 4.89. The van der Waals surface area contributed by atoms with Gasteiger partial charge in [-0.1, -0.05) is 12.1 Å². The highest BCUT2D eigenvalue weighted by Gasteiger charge is 2.32. The molecule has 11 heteroatoms. The van der Waals surface area contributed by atoms with E-state index < -0.39 is 33.6 Å². The third-order valence-electron chi connectivity index (χ3n) is 6.44. The fraction of sp³-hybridized carbons (Fsp3) is 0.259. The summed E-state index contributed by atoms with van der Waals surface area (Å²) in [6, 6.07) is 13.4. The lowest BCUT2D eigenvalue weighted by molar-refractivity contribution is 0.0526. The number of benzene rings is 2. The van der Waals surface area contributed by atoms with Gasteiger partial charge in [0.05, 0.1) is 52.1 Å². The van der Waals surface area contributed by atoms with Crippen molar-refractivity contribution in [3.63, 3.8) is 0 Å². The van der Waals surface area contributed by atoms with Crippen LogP contribution in [0.3, 0.4) is 0 Å². The maximum absolute atomic E-state index is 14.7. The second kappa shape index (κ2) is 9.97. The van der Waals surface area contributed by atoms with Gasteiger partial charge in [-0.3, -0.25) is 4.79 Å². The number of fused-ring (bicyclic) bond motifs is 1. The quantitative estimate of drug-likeness (QED) is 0.364. The molecule has 9 nitrogen and oxygen atoms in total. The van der Waals surface area contributed by atoms with Crippen molar-refractivity contribution in [2.75, 3.05) is 23.4 Å². The van der Waals surface area contributed by atoms with Crippen LogP contribution in [0.5, 0.6) is 0 Å². The molecule has 38 heavy (non-hydrogen) atoms. The van der Waals surface area contributed by atoms with Crippen molar-refractivity contribution in [3.8, 4) is 11.3 Å². The van der Waals surface area contributed by atoms with E-state index in [2.05, 4.69) is 15.4 Å². The zero-order valence-electron chi connectivity index (χ0n) is 20.8. The first-order valence-corrected chi connectivity index (χ1v) is 13.9. The molecule has 3 heterocycles. The summed E-state index contributed by atoms with van der Waals surface area (Å²) in [5.74, 6) is -1.50. The largest absolute Gasteiger partial charge is 0.462 e. The van der Waals surface area contributed by atoms with Gasteiger partial charge in [-0.05, 0) is 62.7 Å². The molecule has 4 aromatic rings. The van der Waals surface area contributed by atoms with Crippen LogP contribution in [0.1, 0.15) is 45.8 Å². The first-order chi connectivity index (χ1) is 18.2. The van der Waals surface area contributed by atoms with E-state index in [-0.39, 0.29) is 34.9 Å². The summed E-state index contributed by atoms with van der Waals surface area (Å²) in [6.07, 6.45) is 0.374. The summed E-state index contributed by atoms with van der Waals surface area (Å²) < 4.78 is 45.6. The van der Waals surface area contributed by atoms with E-state index >= 15 is 0 Å². The standard InChI is InChI=1S/C27H25FN4O5S/c1-3-37-27(34)17-8-10-18(11-9-17)29-26(33)21-14-23(20-6-4-5-7-22(20)28)30-25-24(21)16(2)31-32(25)19-12-13-38(35,36)15-19/h4-11,14,19H,3,12-13,15H2,1-2H3,(H,29,33). The highest BCUT2D eigenvalue weighted by molar-refractivity contribution is 7.91. The number of amides is 1. The van der Waals surface area contributed by atoms with E-state index in [0.29, 0.717) is 34.4 Å². The van der Waals surface area contributed by atoms with E-state index in [1.807, 2.05) is 0 Å². The van der Waals surface area contributed by atoms with Crippen LogP contribution < -0.4 is 5.32 Å². The summed E-state index contributed by atoms with van der Waals surface area (Å²) in [5, 5.41) is 7.83. The smallest absolute Gasteiger partial charge is 0.338 e. The Morgan fingerprint density at radius 3 is 2.55 bits per heavy atom. The molecule has 0 aliphatic carbocycles. The number of carbonyl (C=O) groups is 2. The van der Waals surface area contributed by atoms with E-state index in [4.69, 9.17) is 4.74 Å². The summed E-state index contributed by atoms with van der Waals surface area (Å²) in [7, 11) is -3.21. The van der Waals surface area contributed by atoms with Crippen LogP contribution in [-0.2, 0) is 14.6 Å². The summed E-state index contributed by atoms with van der Waals surface area (Å²) >= 11 is 0. The van der Waals surface area contributed by atoms with Gasteiger partial charge in [0.1, 0.15) is 5.82 Å². The van der Waals surface area contributed by atoms with Gasteiger partial charge in [0.25, 0.3) is 5.91 Å². The number of anilines is 1. The molecule has 0 spiro atoms. The highest BCUT2D eigenvalue weighted by Crippen LogP contribution is 2.33.